The third kappa shape index (κ3) is 5.13. The van der Waals surface area contributed by atoms with E-state index in [1.165, 1.54) is 12.1 Å². The van der Waals surface area contributed by atoms with E-state index in [1.54, 1.807) is 30.0 Å². The van der Waals surface area contributed by atoms with Crippen molar-refractivity contribution in [1.82, 2.24) is 19.9 Å². The van der Waals surface area contributed by atoms with Crippen LogP contribution in [0.4, 0.5) is 0 Å². The van der Waals surface area contributed by atoms with Gasteiger partial charge in [-0.05, 0) is 44.0 Å². The highest BCUT2D eigenvalue weighted by Gasteiger charge is 2.42. The third-order valence-corrected chi connectivity index (χ3v) is 6.22. The fraction of sp³-hybridized carbons (Fsp3) is 0.308. The molecule has 1 aliphatic carbocycles. The summed E-state index contributed by atoms with van der Waals surface area (Å²) >= 11 is 0. The van der Waals surface area contributed by atoms with Crippen molar-refractivity contribution in [2.24, 2.45) is 11.1 Å². The lowest BCUT2D eigenvalue weighted by atomic mass is 10.1. The molecule has 2 aromatic heterocycles. The summed E-state index contributed by atoms with van der Waals surface area (Å²) in [4.78, 5) is 34.2. The van der Waals surface area contributed by atoms with Crippen molar-refractivity contribution in [1.29, 1.82) is 0 Å². The Morgan fingerprint density at radius 1 is 1.26 bits per heavy atom. The fourth-order valence-electron chi connectivity index (χ4n) is 3.84. The fourth-order valence-corrected chi connectivity index (χ4v) is 3.84. The number of hydrogen-bond acceptors (Lipinski definition) is 7. The first-order chi connectivity index (χ1) is 16.3. The monoisotopic (exact) mass is 461 g/mol. The molecule has 0 bridgehead atoms. The van der Waals surface area contributed by atoms with Gasteiger partial charge in [-0.1, -0.05) is 24.3 Å². The maximum Gasteiger partial charge on any atom is 0.250 e. The van der Waals surface area contributed by atoms with Crippen LogP contribution < -0.4 is 16.6 Å². The van der Waals surface area contributed by atoms with Crippen LogP contribution in [-0.4, -0.2) is 39.1 Å². The Morgan fingerprint density at radius 3 is 2.65 bits per heavy atom. The SMILES string of the molecule is CNCc1ccc(C(N)=CC(=O)c2nc(-c3ccc(=O)n(CC4(CO)CC4)c3)cnc2C)cc1.[HH]. The van der Waals surface area contributed by atoms with Gasteiger partial charge < -0.3 is 20.7 Å². The maximum atomic E-state index is 13.0. The van der Waals surface area contributed by atoms with Gasteiger partial charge in [-0.3, -0.25) is 14.6 Å². The van der Waals surface area contributed by atoms with Gasteiger partial charge in [0.05, 0.1) is 24.2 Å². The van der Waals surface area contributed by atoms with Gasteiger partial charge in [0.2, 0.25) is 5.78 Å². The molecule has 0 radical (unpaired) electrons. The lowest BCUT2D eigenvalue weighted by Gasteiger charge is -2.15. The molecule has 0 spiro atoms. The average molecular weight is 462 g/mol. The zero-order valence-corrected chi connectivity index (χ0v) is 19.4. The van der Waals surface area contributed by atoms with Gasteiger partial charge in [-0.25, -0.2) is 4.98 Å². The second-order valence-electron chi connectivity index (χ2n) is 8.92. The van der Waals surface area contributed by atoms with Gasteiger partial charge in [0.15, 0.2) is 0 Å². The summed E-state index contributed by atoms with van der Waals surface area (Å²) in [6, 6.07) is 10.8. The van der Waals surface area contributed by atoms with Crippen LogP contribution in [0.2, 0.25) is 0 Å². The summed E-state index contributed by atoms with van der Waals surface area (Å²) < 4.78 is 1.59. The lowest BCUT2D eigenvalue weighted by molar-refractivity contribution is 0.104. The van der Waals surface area contributed by atoms with E-state index >= 15 is 0 Å². The topological polar surface area (TPSA) is 123 Å². The highest BCUT2D eigenvalue weighted by atomic mass is 16.3. The first kappa shape index (κ1) is 23.5. The van der Waals surface area contributed by atoms with Crippen LogP contribution in [0, 0.1) is 12.3 Å². The van der Waals surface area contributed by atoms with E-state index in [9.17, 15) is 14.7 Å². The van der Waals surface area contributed by atoms with E-state index in [0.29, 0.717) is 29.2 Å². The van der Waals surface area contributed by atoms with Gasteiger partial charge in [0.25, 0.3) is 5.56 Å². The minimum Gasteiger partial charge on any atom is -0.398 e. The molecule has 0 amide bonds. The normalized spacial score (nSPS) is 14.7. The second kappa shape index (κ2) is 9.70. The number of aromatic nitrogens is 3. The van der Waals surface area contributed by atoms with Gasteiger partial charge >= 0.3 is 0 Å². The number of aryl methyl sites for hydroxylation is 1. The van der Waals surface area contributed by atoms with Crippen molar-refractivity contribution in [3.63, 3.8) is 0 Å². The molecule has 4 N–H and O–H groups in total. The number of allylic oxidation sites excluding steroid dienone is 1. The van der Waals surface area contributed by atoms with Crippen LogP contribution in [-0.2, 0) is 13.1 Å². The van der Waals surface area contributed by atoms with Gasteiger partial charge in [0, 0.05) is 49.5 Å². The maximum absolute atomic E-state index is 13.0. The first-order valence-corrected chi connectivity index (χ1v) is 11.2. The van der Waals surface area contributed by atoms with E-state index < -0.39 is 0 Å². The van der Waals surface area contributed by atoms with E-state index in [2.05, 4.69) is 15.3 Å². The summed E-state index contributed by atoms with van der Waals surface area (Å²) in [5.41, 5.74) is 9.91. The van der Waals surface area contributed by atoms with Crippen molar-refractivity contribution in [2.75, 3.05) is 13.7 Å². The molecule has 4 rings (SSSR count). The molecule has 0 aliphatic heterocycles. The molecule has 1 fully saturated rings. The molecule has 8 nitrogen and oxygen atoms in total. The van der Waals surface area contributed by atoms with Crippen LogP contribution in [0.3, 0.4) is 0 Å². The Bertz CT molecular complexity index is 1300. The number of hydrogen-bond donors (Lipinski definition) is 3. The number of aliphatic hydroxyl groups excluding tert-OH is 1. The molecular weight excluding hydrogens is 430 g/mol. The van der Waals surface area contributed by atoms with Crippen molar-refractivity contribution in [3.05, 3.63) is 87.7 Å². The number of pyridine rings is 1. The van der Waals surface area contributed by atoms with Gasteiger partial charge in [0.1, 0.15) is 5.69 Å². The summed E-state index contributed by atoms with van der Waals surface area (Å²) in [6.45, 7) is 2.98. The lowest BCUT2D eigenvalue weighted by Crippen LogP contribution is -2.25. The van der Waals surface area contributed by atoms with Gasteiger partial charge in [-0.15, -0.1) is 0 Å². The van der Waals surface area contributed by atoms with E-state index in [1.807, 2.05) is 31.3 Å². The summed E-state index contributed by atoms with van der Waals surface area (Å²) in [7, 11) is 1.88. The molecule has 1 aromatic carbocycles. The first-order valence-electron chi connectivity index (χ1n) is 11.2. The summed E-state index contributed by atoms with van der Waals surface area (Å²) in [5.74, 6) is -0.339. The number of carbonyl (C=O) groups excluding carboxylic acids is 1. The predicted molar refractivity (Wildman–Crippen MR) is 133 cm³/mol. The Labute approximate surface area is 199 Å². The number of nitrogens with one attached hydrogen (secondary N) is 1. The van der Waals surface area contributed by atoms with Crippen LogP contribution in [0.5, 0.6) is 0 Å². The zero-order valence-electron chi connectivity index (χ0n) is 19.4. The molecule has 3 aromatic rings. The second-order valence-corrected chi connectivity index (χ2v) is 8.92. The van der Waals surface area contributed by atoms with Crippen molar-refractivity contribution in [3.8, 4) is 11.3 Å². The minimum absolute atomic E-state index is 0. The minimum atomic E-state index is -0.339. The average Bonchev–Trinajstić information content (AvgIpc) is 3.61. The number of carbonyl (C=O) groups is 1. The van der Waals surface area contributed by atoms with E-state index in [4.69, 9.17) is 5.73 Å². The number of aliphatic hydroxyl groups is 1. The van der Waals surface area contributed by atoms with Crippen molar-refractivity contribution in [2.45, 2.75) is 32.9 Å². The Kier molecular flexibility index (Phi) is 6.72. The van der Waals surface area contributed by atoms with E-state index in [-0.39, 0.29) is 30.5 Å². The van der Waals surface area contributed by atoms with E-state index in [0.717, 1.165) is 30.5 Å². The van der Waals surface area contributed by atoms with Crippen LogP contribution in [0.1, 0.15) is 41.6 Å². The van der Waals surface area contributed by atoms with Gasteiger partial charge in [-0.2, -0.15) is 0 Å². The number of nitrogens with two attached hydrogens (primary N) is 1. The van der Waals surface area contributed by atoms with Crippen LogP contribution >= 0.6 is 0 Å². The molecule has 1 saturated carbocycles. The number of benzene rings is 1. The molecule has 0 atom stereocenters. The molecular formula is C26H31N5O3. The van der Waals surface area contributed by atoms with Crippen molar-refractivity contribution < 1.29 is 11.3 Å². The number of nitrogens with zero attached hydrogens (tertiary/aromatic N) is 3. The molecule has 0 saturated heterocycles. The Hall–Kier alpha value is -3.62. The van der Waals surface area contributed by atoms with Crippen LogP contribution in [0.15, 0.2) is 59.7 Å². The molecule has 0 unspecified atom stereocenters. The summed E-state index contributed by atoms with van der Waals surface area (Å²) in [6.07, 6.45) is 6.46. The number of rotatable bonds is 9. The zero-order chi connectivity index (χ0) is 24.3. The standard InChI is InChI=1S/C26H29N5O3.H2/c1-17-25(23(33)11-21(27)19-5-3-18(4-6-19)12-28-2)30-22(13-29-17)20-7-8-24(34)31(14-20)15-26(16-32)9-10-26;/h3-8,11,13-14,28,32H,9-10,12,15-16,27H2,1-2H3;1H. The third-order valence-electron chi connectivity index (χ3n) is 6.22. The Morgan fingerprint density at radius 2 is 2.00 bits per heavy atom. The smallest absolute Gasteiger partial charge is 0.250 e. The molecule has 1 aliphatic rings. The molecule has 178 valence electrons. The largest absolute Gasteiger partial charge is 0.398 e. The molecule has 2 heterocycles. The molecule has 8 heteroatoms. The number of ketones is 1. The summed E-state index contributed by atoms with van der Waals surface area (Å²) in [5, 5.41) is 12.7. The van der Waals surface area contributed by atoms with Crippen molar-refractivity contribution >= 4 is 11.5 Å². The highest BCUT2D eigenvalue weighted by molar-refractivity contribution is 6.07. The highest BCUT2D eigenvalue weighted by Crippen LogP contribution is 2.46. The molecule has 34 heavy (non-hydrogen) atoms. The predicted octanol–water partition coefficient (Wildman–Crippen LogP) is 2.53. The quantitative estimate of drug-likeness (QED) is 0.330. The van der Waals surface area contributed by atoms with Crippen LogP contribution in [0.25, 0.3) is 17.0 Å². The Balaban J connectivity index is 0.00000342.